The number of rotatable bonds is 4. The van der Waals surface area contributed by atoms with E-state index in [1.54, 1.807) is 12.1 Å². The van der Waals surface area contributed by atoms with E-state index < -0.39 is 11.2 Å². The molecule has 0 fully saturated rings. The van der Waals surface area contributed by atoms with Crippen molar-refractivity contribution < 1.29 is 13.5 Å². The molecule has 0 bridgehead atoms. The van der Waals surface area contributed by atoms with Gasteiger partial charge in [-0.2, -0.15) is 10.2 Å². The average Bonchev–Trinajstić information content (AvgIpc) is 3.37. The summed E-state index contributed by atoms with van der Waals surface area (Å²) in [5, 5.41) is 22.3. The first-order valence-electron chi connectivity index (χ1n) is 9.45. The Labute approximate surface area is 177 Å². The van der Waals surface area contributed by atoms with Crippen LogP contribution in [0.4, 0.5) is 0 Å². The Kier molecular flexibility index (Phi) is 6.95. The maximum atomic E-state index is 9.40. The summed E-state index contributed by atoms with van der Waals surface area (Å²) in [7, 11) is 0. The molecule has 0 atom stereocenters. The van der Waals surface area contributed by atoms with Gasteiger partial charge in [0.15, 0.2) is 11.2 Å². The molecule has 3 aromatic rings. The number of aryl methyl sites for hydroxylation is 1. The molecule has 0 amide bonds. The Balaban J connectivity index is 0.000000589. The standard InChI is InChI=1S/C21H19N3O2.H4N2OS/c1-13(2)25-19-10-9-15(11-16(19)12-22)21-23-20(24-26-21)18-8-4-6-14-5-3-7-17(14)18;1-4(2)3/h4,6,8-11,13H,3,5,7H2,1-2H3;1-2H2. The van der Waals surface area contributed by atoms with Crippen LogP contribution in [0, 0.1) is 11.3 Å². The third-order valence-corrected chi connectivity index (χ3v) is 4.52. The molecule has 0 spiro atoms. The van der Waals surface area contributed by atoms with E-state index in [0.29, 0.717) is 28.6 Å². The van der Waals surface area contributed by atoms with Crippen molar-refractivity contribution in [1.29, 1.82) is 5.26 Å². The van der Waals surface area contributed by atoms with Gasteiger partial charge in [0.25, 0.3) is 5.89 Å². The number of nitrogens with two attached hydrogens (primary N) is 2. The quantitative estimate of drug-likeness (QED) is 0.658. The second kappa shape index (κ2) is 9.63. The van der Waals surface area contributed by atoms with Gasteiger partial charge in [0.1, 0.15) is 11.8 Å². The van der Waals surface area contributed by atoms with Gasteiger partial charge in [0, 0.05) is 11.1 Å². The van der Waals surface area contributed by atoms with Gasteiger partial charge in [-0.25, -0.2) is 14.5 Å². The van der Waals surface area contributed by atoms with Gasteiger partial charge in [-0.1, -0.05) is 23.4 Å². The van der Waals surface area contributed by atoms with Crippen LogP contribution in [0.15, 0.2) is 40.9 Å². The van der Waals surface area contributed by atoms with E-state index in [1.807, 2.05) is 32.0 Å². The van der Waals surface area contributed by atoms with E-state index in [-0.39, 0.29) is 6.10 Å². The van der Waals surface area contributed by atoms with Crippen LogP contribution >= 0.6 is 0 Å². The van der Waals surface area contributed by atoms with Crippen LogP contribution in [0.5, 0.6) is 5.75 Å². The van der Waals surface area contributed by atoms with Crippen LogP contribution < -0.4 is 15.0 Å². The fourth-order valence-corrected chi connectivity index (χ4v) is 3.39. The minimum atomic E-state index is -1.61. The molecule has 1 aromatic heterocycles. The summed E-state index contributed by atoms with van der Waals surface area (Å²) in [6, 6.07) is 13.8. The Bertz CT molecular complexity index is 1100. The molecule has 1 heterocycles. The zero-order valence-corrected chi connectivity index (χ0v) is 17.6. The van der Waals surface area contributed by atoms with E-state index >= 15 is 0 Å². The second-order valence-electron chi connectivity index (χ2n) is 7.04. The van der Waals surface area contributed by atoms with Gasteiger partial charge in [0.05, 0.1) is 11.7 Å². The highest BCUT2D eigenvalue weighted by atomic mass is 32.2. The highest BCUT2D eigenvalue weighted by Crippen LogP contribution is 2.32. The lowest BCUT2D eigenvalue weighted by Crippen LogP contribution is -2.11. The summed E-state index contributed by atoms with van der Waals surface area (Å²) in [5.74, 6) is 1.56. The van der Waals surface area contributed by atoms with Crippen LogP contribution in [-0.2, 0) is 24.0 Å². The van der Waals surface area contributed by atoms with Crippen molar-refractivity contribution >= 4 is 11.2 Å². The maximum absolute atomic E-state index is 9.40. The molecule has 2 aromatic carbocycles. The lowest BCUT2D eigenvalue weighted by atomic mass is 10.0. The van der Waals surface area contributed by atoms with Crippen molar-refractivity contribution in [2.75, 3.05) is 0 Å². The number of nitriles is 1. The van der Waals surface area contributed by atoms with Crippen LogP contribution in [0.1, 0.15) is 37.0 Å². The van der Waals surface area contributed by atoms with Crippen LogP contribution in [0.25, 0.3) is 22.8 Å². The maximum Gasteiger partial charge on any atom is 0.258 e. The zero-order valence-electron chi connectivity index (χ0n) is 16.8. The number of nitrogens with zero attached hydrogens (tertiary/aromatic N) is 3. The Morgan fingerprint density at radius 3 is 2.70 bits per heavy atom. The number of ether oxygens (including phenoxy) is 1. The summed E-state index contributed by atoms with van der Waals surface area (Å²) < 4.78 is 20.2. The summed E-state index contributed by atoms with van der Waals surface area (Å²) >= 11 is -1.61. The molecular formula is C21H23N5O3S. The summed E-state index contributed by atoms with van der Waals surface area (Å²) in [6.07, 6.45) is 3.33. The smallest absolute Gasteiger partial charge is 0.258 e. The fourth-order valence-electron chi connectivity index (χ4n) is 3.39. The summed E-state index contributed by atoms with van der Waals surface area (Å²) in [5.41, 5.74) is 4.89. The highest BCUT2D eigenvalue weighted by Gasteiger charge is 2.19. The minimum Gasteiger partial charge on any atom is -0.490 e. The van der Waals surface area contributed by atoms with Gasteiger partial charge in [-0.15, -0.1) is 0 Å². The molecular weight excluding hydrogens is 402 g/mol. The zero-order chi connectivity index (χ0) is 21.7. The average molecular weight is 426 g/mol. The Hall–Kier alpha value is -3.06. The lowest BCUT2D eigenvalue weighted by molar-refractivity contribution is 0.241. The normalized spacial score (nSPS) is 12.3. The van der Waals surface area contributed by atoms with E-state index in [0.717, 1.165) is 18.4 Å². The van der Waals surface area contributed by atoms with E-state index in [1.165, 1.54) is 17.5 Å². The second-order valence-corrected chi connectivity index (χ2v) is 7.69. The number of fused-ring (bicyclic) bond motifs is 1. The van der Waals surface area contributed by atoms with E-state index in [4.69, 9.17) is 13.5 Å². The molecule has 0 aliphatic heterocycles. The van der Waals surface area contributed by atoms with Crippen molar-refractivity contribution in [3.8, 4) is 34.7 Å². The fraction of sp³-hybridized carbons (Fsp3) is 0.286. The van der Waals surface area contributed by atoms with Gasteiger partial charge in [-0.05, 0) is 62.4 Å². The van der Waals surface area contributed by atoms with Crippen molar-refractivity contribution in [1.82, 2.24) is 10.1 Å². The first-order valence-corrected chi connectivity index (χ1v) is 10.7. The molecule has 9 heteroatoms. The number of hydrogen-bond acceptors (Lipinski definition) is 6. The van der Waals surface area contributed by atoms with Gasteiger partial charge in [0.2, 0.25) is 5.82 Å². The van der Waals surface area contributed by atoms with Crippen molar-refractivity contribution in [3.63, 3.8) is 0 Å². The molecule has 0 saturated heterocycles. The molecule has 156 valence electrons. The number of hydrogen-bond donors (Lipinski definition) is 2. The van der Waals surface area contributed by atoms with Gasteiger partial charge >= 0.3 is 0 Å². The molecule has 8 nitrogen and oxygen atoms in total. The van der Waals surface area contributed by atoms with E-state index in [9.17, 15) is 5.26 Å². The molecule has 0 unspecified atom stereocenters. The molecule has 0 radical (unpaired) electrons. The monoisotopic (exact) mass is 425 g/mol. The summed E-state index contributed by atoms with van der Waals surface area (Å²) in [6.45, 7) is 3.86. The van der Waals surface area contributed by atoms with Gasteiger partial charge in [-0.3, -0.25) is 0 Å². The topological polar surface area (TPSA) is 141 Å². The molecule has 1 aliphatic carbocycles. The summed E-state index contributed by atoms with van der Waals surface area (Å²) in [4.78, 5) is 4.57. The molecule has 4 N–H and O–H groups in total. The minimum absolute atomic E-state index is 0.00290. The molecule has 4 rings (SSSR count). The number of benzene rings is 2. The van der Waals surface area contributed by atoms with Crippen molar-refractivity contribution in [3.05, 3.63) is 53.1 Å². The van der Waals surface area contributed by atoms with Crippen LogP contribution in [-0.4, -0.2) is 20.5 Å². The largest absolute Gasteiger partial charge is 0.490 e. The Morgan fingerprint density at radius 1 is 1.23 bits per heavy atom. The lowest BCUT2D eigenvalue weighted by Gasteiger charge is -2.11. The van der Waals surface area contributed by atoms with Crippen LogP contribution in [0.3, 0.4) is 0 Å². The third kappa shape index (κ3) is 5.10. The predicted molar refractivity (Wildman–Crippen MR) is 114 cm³/mol. The van der Waals surface area contributed by atoms with Crippen molar-refractivity contribution in [2.24, 2.45) is 10.3 Å². The first kappa shape index (κ1) is 21.6. The predicted octanol–water partition coefficient (Wildman–Crippen LogP) is 3.03. The first-order chi connectivity index (χ1) is 14.4. The SMILES string of the molecule is CC(C)Oc1ccc(-c2nc(-c3cccc4c3CCC4)no2)cc1C#N.NS(N)=O. The van der Waals surface area contributed by atoms with E-state index in [2.05, 4.69) is 32.6 Å². The van der Waals surface area contributed by atoms with Crippen molar-refractivity contribution in [2.45, 2.75) is 39.2 Å². The van der Waals surface area contributed by atoms with Gasteiger partial charge < -0.3 is 9.26 Å². The number of aromatic nitrogens is 2. The molecule has 30 heavy (non-hydrogen) atoms. The van der Waals surface area contributed by atoms with Crippen LogP contribution in [0.2, 0.25) is 0 Å². The third-order valence-electron chi connectivity index (χ3n) is 4.52. The molecule has 0 saturated carbocycles. The Morgan fingerprint density at radius 2 is 2.00 bits per heavy atom. The highest BCUT2D eigenvalue weighted by molar-refractivity contribution is 7.80. The molecule has 1 aliphatic rings.